The lowest BCUT2D eigenvalue weighted by Crippen LogP contribution is -2.22. The number of rotatable bonds is 6. The average molecular weight is 303 g/mol. The first-order valence-electron chi connectivity index (χ1n) is 7.78. The first-order valence-corrected chi connectivity index (χ1v) is 8.60. The van der Waals surface area contributed by atoms with Gasteiger partial charge in [-0.2, -0.15) is 0 Å². The van der Waals surface area contributed by atoms with E-state index in [1.54, 1.807) is 12.1 Å². The number of benzene rings is 1. The van der Waals surface area contributed by atoms with Crippen LogP contribution in [0.3, 0.4) is 0 Å². The van der Waals surface area contributed by atoms with Gasteiger partial charge in [-0.1, -0.05) is 13.0 Å². The van der Waals surface area contributed by atoms with Crippen LogP contribution in [0.2, 0.25) is 0 Å². The summed E-state index contributed by atoms with van der Waals surface area (Å²) < 4.78 is 13.2. The third kappa shape index (κ3) is 3.35. The fraction of sp³-hybridized carbons (Fsp3) is 0.444. The maximum Gasteiger partial charge on any atom is 0.123 e. The molecule has 1 nitrogen and oxygen atoms in total. The number of hydrogen-bond donors (Lipinski definition) is 1. The summed E-state index contributed by atoms with van der Waals surface area (Å²) in [5.41, 5.74) is 2.16. The monoisotopic (exact) mass is 303 g/mol. The van der Waals surface area contributed by atoms with Crippen molar-refractivity contribution in [1.29, 1.82) is 0 Å². The minimum absolute atomic E-state index is 0.159. The highest BCUT2D eigenvalue weighted by Gasteiger charge is 2.32. The van der Waals surface area contributed by atoms with Crippen molar-refractivity contribution in [3.8, 4) is 10.4 Å². The zero-order chi connectivity index (χ0) is 14.8. The second kappa shape index (κ2) is 6.29. The zero-order valence-corrected chi connectivity index (χ0v) is 13.5. The van der Waals surface area contributed by atoms with Gasteiger partial charge < -0.3 is 5.32 Å². The van der Waals surface area contributed by atoms with E-state index in [-0.39, 0.29) is 5.82 Å². The highest BCUT2D eigenvalue weighted by molar-refractivity contribution is 7.15. The highest BCUT2D eigenvalue weighted by atomic mass is 32.1. The molecule has 21 heavy (non-hydrogen) atoms. The minimum Gasteiger partial charge on any atom is -0.309 e. The van der Waals surface area contributed by atoms with Crippen LogP contribution in [0.4, 0.5) is 4.39 Å². The van der Waals surface area contributed by atoms with Gasteiger partial charge in [-0.05, 0) is 74.0 Å². The standard InChI is InChI=1S/C18H22FNS/c1-3-10-20-18(13-4-5-13)17-9-8-16(21-17)15-7-6-14(19)11-12(15)2/h6-9,11,13,18,20H,3-5,10H2,1-2H3. The summed E-state index contributed by atoms with van der Waals surface area (Å²) in [6, 6.07) is 9.99. The van der Waals surface area contributed by atoms with Crippen molar-refractivity contribution in [1.82, 2.24) is 5.32 Å². The molecule has 1 saturated carbocycles. The summed E-state index contributed by atoms with van der Waals surface area (Å²) in [5.74, 6) is 0.644. The van der Waals surface area contributed by atoms with Gasteiger partial charge in [-0.25, -0.2) is 4.39 Å². The Morgan fingerprint density at radius 1 is 1.29 bits per heavy atom. The van der Waals surface area contributed by atoms with Crippen LogP contribution in [0.15, 0.2) is 30.3 Å². The first kappa shape index (κ1) is 14.7. The lowest BCUT2D eigenvalue weighted by atomic mass is 10.1. The molecule has 1 aromatic carbocycles. The molecule has 3 rings (SSSR count). The summed E-state index contributed by atoms with van der Waals surface area (Å²) in [4.78, 5) is 2.66. The molecular weight excluding hydrogens is 281 g/mol. The summed E-state index contributed by atoms with van der Waals surface area (Å²) in [7, 11) is 0. The highest BCUT2D eigenvalue weighted by Crippen LogP contribution is 2.44. The Balaban J connectivity index is 1.84. The van der Waals surface area contributed by atoms with Crippen LogP contribution in [-0.4, -0.2) is 6.54 Å². The van der Waals surface area contributed by atoms with Gasteiger partial charge >= 0.3 is 0 Å². The van der Waals surface area contributed by atoms with E-state index in [2.05, 4.69) is 24.4 Å². The van der Waals surface area contributed by atoms with Gasteiger partial charge in [0.2, 0.25) is 0 Å². The largest absolute Gasteiger partial charge is 0.309 e. The summed E-state index contributed by atoms with van der Waals surface area (Å²) >= 11 is 1.85. The quantitative estimate of drug-likeness (QED) is 0.762. The van der Waals surface area contributed by atoms with Gasteiger partial charge in [0.05, 0.1) is 0 Å². The molecule has 1 unspecified atom stereocenters. The Labute approximate surface area is 130 Å². The molecule has 1 fully saturated rings. The van der Waals surface area contributed by atoms with E-state index in [9.17, 15) is 4.39 Å². The predicted octanol–water partition coefficient (Wildman–Crippen LogP) is 5.31. The van der Waals surface area contributed by atoms with Crippen molar-refractivity contribution in [2.45, 2.75) is 39.2 Å². The van der Waals surface area contributed by atoms with Crippen LogP contribution in [0.1, 0.15) is 42.7 Å². The number of thiophene rings is 1. The molecule has 1 heterocycles. The Kier molecular flexibility index (Phi) is 4.41. The van der Waals surface area contributed by atoms with E-state index in [1.807, 2.05) is 24.3 Å². The van der Waals surface area contributed by atoms with Crippen LogP contribution < -0.4 is 5.32 Å². The smallest absolute Gasteiger partial charge is 0.123 e. The van der Waals surface area contributed by atoms with Gasteiger partial charge in [-0.15, -0.1) is 11.3 Å². The minimum atomic E-state index is -0.159. The van der Waals surface area contributed by atoms with E-state index in [0.717, 1.165) is 23.6 Å². The predicted molar refractivity (Wildman–Crippen MR) is 88.2 cm³/mol. The molecule has 3 heteroatoms. The first-order chi connectivity index (χ1) is 10.2. The lowest BCUT2D eigenvalue weighted by molar-refractivity contribution is 0.488. The van der Waals surface area contributed by atoms with E-state index >= 15 is 0 Å². The van der Waals surface area contributed by atoms with E-state index < -0.39 is 0 Å². The summed E-state index contributed by atoms with van der Waals surface area (Å²) in [6.07, 6.45) is 3.84. The maximum atomic E-state index is 13.2. The Bertz CT molecular complexity index is 615. The van der Waals surface area contributed by atoms with Crippen LogP contribution in [0, 0.1) is 18.7 Å². The molecule has 0 saturated heterocycles. The fourth-order valence-corrected chi connectivity index (χ4v) is 4.07. The molecule has 1 atom stereocenters. The molecule has 2 aromatic rings. The molecule has 112 valence electrons. The van der Waals surface area contributed by atoms with Crippen LogP contribution in [-0.2, 0) is 0 Å². The van der Waals surface area contributed by atoms with Gasteiger partial charge in [0, 0.05) is 15.8 Å². The Hall–Kier alpha value is -1.19. The van der Waals surface area contributed by atoms with Crippen molar-refractivity contribution in [3.05, 3.63) is 46.6 Å². The van der Waals surface area contributed by atoms with Crippen molar-refractivity contribution >= 4 is 11.3 Å². The number of aryl methyl sites for hydroxylation is 1. The van der Waals surface area contributed by atoms with Gasteiger partial charge in [0.25, 0.3) is 0 Å². The number of halogens is 1. The topological polar surface area (TPSA) is 12.0 Å². The van der Waals surface area contributed by atoms with Crippen molar-refractivity contribution < 1.29 is 4.39 Å². The van der Waals surface area contributed by atoms with E-state index in [4.69, 9.17) is 0 Å². The van der Waals surface area contributed by atoms with Crippen LogP contribution in [0.5, 0.6) is 0 Å². The normalized spacial score (nSPS) is 16.1. The third-order valence-corrected chi connectivity index (χ3v) is 5.30. The summed E-state index contributed by atoms with van der Waals surface area (Å²) in [6.45, 7) is 5.26. The second-order valence-electron chi connectivity index (χ2n) is 5.93. The lowest BCUT2D eigenvalue weighted by Gasteiger charge is -2.16. The third-order valence-electron chi connectivity index (χ3n) is 4.09. The van der Waals surface area contributed by atoms with Gasteiger partial charge in [0.15, 0.2) is 0 Å². The molecule has 0 amide bonds. The SMILES string of the molecule is CCCNC(c1ccc(-c2ccc(F)cc2C)s1)C1CC1. The molecule has 1 N–H and O–H groups in total. The van der Waals surface area contributed by atoms with Crippen LogP contribution in [0.25, 0.3) is 10.4 Å². The molecule has 0 spiro atoms. The fourth-order valence-electron chi connectivity index (χ4n) is 2.80. The molecule has 0 aliphatic heterocycles. The zero-order valence-electron chi connectivity index (χ0n) is 12.7. The second-order valence-corrected chi connectivity index (χ2v) is 7.05. The Morgan fingerprint density at radius 2 is 2.10 bits per heavy atom. The van der Waals surface area contributed by atoms with E-state index in [0.29, 0.717) is 6.04 Å². The van der Waals surface area contributed by atoms with Crippen molar-refractivity contribution in [2.24, 2.45) is 5.92 Å². The van der Waals surface area contributed by atoms with Gasteiger partial charge in [-0.3, -0.25) is 0 Å². The number of nitrogens with one attached hydrogen (secondary N) is 1. The molecule has 0 bridgehead atoms. The molecular formula is C18H22FNS. The average Bonchev–Trinajstić information content (AvgIpc) is 3.18. The summed E-state index contributed by atoms with van der Waals surface area (Å²) in [5, 5.41) is 3.69. The molecule has 1 aromatic heterocycles. The molecule has 1 aliphatic rings. The maximum absolute atomic E-state index is 13.2. The van der Waals surface area contributed by atoms with Crippen LogP contribution >= 0.6 is 11.3 Å². The van der Waals surface area contributed by atoms with Crippen molar-refractivity contribution in [2.75, 3.05) is 6.54 Å². The van der Waals surface area contributed by atoms with E-state index in [1.165, 1.54) is 29.0 Å². The molecule has 1 aliphatic carbocycles. The molecule has 0 radical (unpaired) electrons. The number of hydrogen-bond acceptors (Lipinski definition) is 2. The van der Waals surface area contributed by atoms with Crippen molar-refractivity contribution in [3.63, 3.8) is 0 Å². The van der Waals surface area contributed by atoms with Gasteiger partial charge in [0.1, 0.15) is 5.82 Å². The Morgan fingerprint density at radius 3 is 2.76 bits per heavy atom.